The number of rotatable bonds is 7. The van der Waals surface area contributed by atoms with Gasteiger partial charge in [0.25, 0.3) is 0 Å². The van der Waals surface area contributed by atoms with Crippen molar-refractivity contribution in [3.63, 3.8) is 0 Å². The Bertz CT molecular complexity index is 423. The van der Waals surface area contributed by atoms with E-state index in [1.807, 2.05) is 0 Å². The third-order valence-electron chi connectivity index (χ3n) is 2.03. The Labute approximate surface area is 104 Å². The van der Waals surface area contributed by atoms with Gasteiger partial charge in [-0.3, -0.25) is 4.79 Å². The Balaban J connectivity index is 2.41. The maximum atomic E-state index is 11.3. The fourth-order valence-electron chi connectivity index (χ4n) is 1.18. The molecule has 0 radical (unpaired) electrons. The van der Waals surface area contributed by atoms with Gasteiger partial charge in [0.15, 0.2) is 5.69 Å². The summed E-state index contributed by atoms with van der Waals surface area (Å²) in [5.41, 5.74) is -0.0696. The van der Waals surface area contributed by atoms with Crippen molar-refractivity contribution in [1.82, 2.24) is 10.3 Å². The number of anilines is 1. The van der Waals surface area contributed by atoms with Crippen LogP contribution in [0.5, 0.6) is 0 Å². The monoisotopic (exact) mass is 253 g/mol. The highest BCUT2D eigenvalue weighted by Crippen LogP contribution is 2.04. The molecule has 0 aromatic carbocycles. The van der Waals surface area contributed by atoms with E-state index in [1.165, 1.54) is 6.07 Å². The molecule has 0 saturated heterocycles. The molecule has 1 amide bonds. The van der Waals surface area contributed by atoms with Gasteiger partial charge in [-0.25, -0.2) is 9.78 Å². The second-order valence-electron chi connectivity index (χ2n) is 3.41. The lowest BCUT2D eigenvalue weighted by atomic mass is 10.3. The Hall–Kier alpha value is -2.15. The highest BCUT2D eigenvalue weighted by Gasteiger charge is 2.06. The first kappa shape index (κ1) is 13.9. The van der Waals surface area contributed by atoms with Crippen molar-refractivity contribution in [2.24, 2.45) is 0 Å². The second-order valence-corrected chi connectivity index (χ2v) is 3.41. The molecule has 0 aliphatic rings. The van der Waals surface area contributed by atoms with Gasteiger partial charge in [0.1, 0.15) is 5.82 Å². The summed E-state index contributed by atoms with van der Waals surface area (Å²) in [6.07, 6.45) is 0. The lowest BCUT2D eigenvalue weighted by Crippen LogP contribution is -2.32. The van der Waals surface area contributed by atoms with Crippen LogP contribution in [0.3, 0.4) is 0 Å². The number of carbonyl (C=O) groups is 2. The van der Waals surface area contributed by atoms with E-state index < -0.39 is 5.97 Å². The van der Waals surface area contributed by atoms with Crippen molar-refractivity contribution < 1.29 is 19.4 Å². The molecule has 0 saturated carbocycles. The summed E-state index contributed by atoms with van der Waals surface area (Å²) in [4.78, 5) is 25.8. The molecule has 1 aromatic heterocycles. The van der Waals surface area contributed by atoms with Gasteiger partial charge in [-0.1, -0.05) is 6.07 Å². The predicted molar refractivity (Wildman–Crippen MR) is 64.6 cm³/mol. The second kappa shape index (κ2) is 7.23. The Morgan fingerprint density at radius 2 is 2.22 bits per heavy atom. The van der Waals surface area contributed by atoms with Crippen molar-refractivity contribution in [2.45, 2.75) is 0 Å². The van der Waals surface area contributed by atoms with Crippen molar-refractivity contribution in [1.29, 1.82) is 0 Å². The molecule has 1 heterocycles. The van der Waals surface area contributed by atoms with Crippen LogP contribution < -0.4 is 10.6 Å². The van der Waals surface area contributed by atoms with Gasteiger partial charge in [-0.05, 0) is 12.1 Å². The molecule has 18 heavy (non-hydrogen) atoms. The fourth-order valence-corrected chi connectivity index (χ4v) is 1.18. The Kier molecular flexibility index (Phi) is 5.59. The van der Waals surface area contributed by atoms with E-state index in [-0.39, 0.29) is 18.1 Å². The van der Waals surface area contributed by atoms with Crippen molar-refractivity contribution in [3.05, 3.63) is 23.9 Å². The van der Waals surface area contributed by atoms with Crippen molar-refractivity contribution in [2.75, 3.05) is 32.1 Å². The minimum atomic E-state index is -1.11. The summed E-state index contributed by atoms with van der Waals surface area (Å²) in [5, 5.41) is 14.1. The number of amides is 1. The number of hydrogen-bond donors (Lipinski definition) is 3. The molecule has 98 valence electrons. The first-order valence-electron chi connectivity index (χ1n) is 5.33. The number of methoxy groups -OCH3 is 1. The van der Waals surface area contributed by atoms with Crippen molar-refractivity contribution >= 4 is 17.7 Å². The van der Waals surface area contributed by atoms with E-state index in [4.69, 9.17) is 9.84 Å². The molecule has 1 aromatic rings. The van der Waals surface area contributed by atoms with Gasteiger partial charge in [-0.15, -0.1) is 0 Å². The molecule has 0 unspecified atom stereocenters. The first-order valence-corrected chi connectivity index (χ1v) is 5.33. The number of hydrogen-bond acceptors (Lipinski definition) is 5. The molecule has 3 N–H and O–H groups in total. The summed E-state index contributed by atoms with van der Waals surface area (Å²) in [7, 11) is 1.55. The van der Waals surface area contributed by atoms with Gasteiger partial charge >= 0.3 is 5.97 Å². The van der Waals surface area contributed by atoms with E-state index in [1.54, 1.807) is 19.2 Å². The molecule has 7 nitrogen and oxygen atoms in total. The van der Waals surface area contributed by atoms with Gasteiger partial charge in [0, 0.05) is 13.7 Å². The van der Waals surface area contributed by atoms with Crippen LogP contribution in [0.15, 0.2) is 18.2 Å². The minimum Gasteiger partial charge on any atom is -0.477 e. The Morgan fingerprint density at radius 3 is 2.89 bits per heavy atom. The van der Waals surface area contributed by atoms with Crippen LogP contribution in [0.2, 0.25) is 0 Å². The molecular weight excluding hydrogens is 238 g/mol. The molecular formula is C11H15N3O4. The summed E-state index contributed by atoms with van der Waals surface area (Å²) in [5.74, 6) is -0.977. The van der Waals surface area contributed by atoms with Crippen LogP contribution in [0.4, 0.5) is 5.82 Å². The molecule has 0 atom stereocenters. The number of nitrogens with one attached hydrogen (secondary N) is 2. The molecule has 0 aliphatic heterocycles. The normalized spacial score (nSPS) is 9.83. The fraction of sp³-hybridized carbons (Fsp3) is 0.364. The highest BCUT2D eigenvalue weighted by molar-refractivity contribution is 5.86. The molecule has 0 aliphatic carbocycles. The predicted octanol–water partition coefficient (Wildman–Crippen LogP) is -0.0457. The first-order chi connectivity index (χ1) is 8.63. The maximum absolute atomic E-state index is 11.3. The smallest absolute Gasteiger partial charge is 0.354 e. The average molecular weight is 253 g/mol. The number of aromatic carboxylic acids is 1. The number of aromatic nitrogens is 1. The molecule has 0 fully saturated rings. The lowest BCUT2D eigenvalue weighted by molar-refractivity contribution is -0.119. The molecule has 0 bridgehead atoms. The molecule has 7 heteroatoms. The summed E-state index contributed by atoms with van der Waals surface area (Å²) in [6.45, 7) is 0.901. The molecule has 0 spiro atoms. The van der Waals surface area contributed by atoms with E-state index in [9.17, 15) is 9.59 Å². The zero-order chi connectivity index (χ0) is 13.4. The van der Waals surface area contributed by atoms with E-state index in [2.05, 4.69) is 15.6 Å². The molecule has 1 rings (SSSR count). The van der Waals surface area contributed by atoms with Gasteiger partial charge in [0.2, 0.25) is 5.91 Å². The van der Waals surface area contributed by atoms with Crippen LogP contribution in [-0.4, -0.2) is 48.8 Å². The number of nitrogens with zero attached hydrogens (tertiary/aromatic N) is 1. The van der Waals surface area contributed by atoms with Crippen molar-refractivity contribution in [3.8, 4) is 0 Å². The number of ether oxygens (including phenoxy) is 1. The number of pyridine rings is 1. The summed E-state index contributed by atoms with van der Waals surface area (Å²) < 4.78 is 4.78. The SMILES string of the molecule is COCCNC(=O)CNc1cccc(C(=O)O)n1. The topological polar surface area (TPSA) is 101 Å². The van der Waals surface area contributed by atoms with Gasteiger partial charge in [0.05, 0.1) is 13.2 Å². The van der Waals surface area contributed by atoms with Crippen LogP contribution in [0, 0.1) is 0 Å². The zero-order valence-electron chi connectivity index (χ0n) is 9.97. The van der Waals surface area contributed by atoms with Gasteiger partial charge < -0.3 is 20.5 Å². The third kappa shape index (κ3) is 4.79. The third-order valence-corrected chi connectivity index (χ3v) is 2.03. The zero-order valence-corrected chi connectivity index (χ0v) is 9.97. The number of carbonyl (C=O) groups excluding carboxylic acids is 1. The summed E-state index contributed by atoms with van der Waals surface area (Å²) in [6, 6.07) is 4.53. The largest absolute Gasteiger partial charge is 0.477 e. The van der Waals surface area contributed by atoms with E-state index in [0.717, 1.165) is 0 Å². The quantitative estimate of drug-likeness (QED) is 0.589. The number of carboxylic acids is 1. The lowest BCUT2D eigenvalue weighted by Gasteiger charge is -2.07. The van der Waals surface area contributed by atoms with Crippen LogP contribution in [-0.2, 0) is 9.53 Å². The average Bonchev–Trinajstić information content (AvgIpc) is 2.37. The van der Waals surface area contributed by atoms with Gasteiger partial charge in [-0.2, -0.15) is 0 Å². The van der Waals surface area contributed by atoms with Crippen LogP contribution >= 0.6 is 0 Å². The minimum absolute atomic E-state index is 0.0276. The van der Waals surface area contributed by atoms with E-state index >= 15 is 0 Å². The standard InChI is InChI=1S/C11H15N3O4/c1-18-6-5-12-10(15)7-13-9-4-2-3-8(14-9)11(16)17/h2-4H,5-7H2,1H3,(H,12,15)(H,13,14)(H,16,17). The van der Waals surface area contributed by atoms with Crippen LogP contribution in [0.1, 0.15) is 10.5 Å². The number of carboxylic acid groups (broad SMARTS) is 1. The van der Waals surface area contributed by atoms with E-state index in [0.29, 0.717) is 19.0 Å². The van der Waals surface area contributed by atoms with Crippen LogP contribution in [0.25, 0.3) is 0 Å². The Morgan fingerprint density at radius 1 is 1.44 bits per heavy atom. The highest BCUT2D eigenvalue weighted by atomic mass is 16.5. The summed E-state index contributed by atoms with van der Waals surface area (Å²) >= 11 is 0. The maximum Gasteiger partial charge on any atom is 0.354 e.